The summed E-state index contributed by atoms with van der Waals surface area (Å²) in [5.41, 5.74) is -0.0792. The number of ether oxygens (including phenoxy) is 1. The van der Waals surface area contributed by atoms with E-state index >= 15 is 0 Å². The van der Waals surface area contributed by atoms with E-state index in [1.807, 2.05) is 35.2 Å². The monoisotopic (exact) mass is 435 g/mol. The number of alkyl halides is 3. The second-order valence-corrected chi connectivity index (χ2v) is 7.35. The van der Waals surface area contributed by atoms with E-state index in [-0.39, 0.29) is 30.9 Å². The van der Waals surface area contributed by atoms with Crippen LogP contribution in [0.2, 0.25) is 0 Å². The van der Waals surface area contributed by atoms with Crippen LogP contribution in [0.1, 0.15) is 18.4 Å². The number of rotatable bonds is 7. The minimum atomic E-state index is -4.46. The molecule has 166 valence electrons. The molecule has 2 N–H and O–H groups in total. The molecule has 1 saturated heterocycles. The van der Waals surface area contributed by atoms with Gasteiger partial charge in [0.15, 0.2) is 6.61 Å². The van der Waals surface area contributed by atoms with E-state index in [1.165, 1.54) is 12.1 Å². The predicted molar refractivity (Wildman–Crippen MR) is 110 cm³/mol. The minimum absolute atomic E-state index is 0.00998. The van der Waals surface area contributed by atoms with E-state index in [0.29, 0.717) is 25.9 Å². The van der Waals surface area contributed by atoms with Gasteiger partial charge in [-0.3, -0.25) is 14.5 Å². The summed E-state index contributed by atoms with van der Waals surface area (Å²) < 4.78 is 43.4. The highest BCUT2D eigenvalue weighted by Crippen LogP contribution is 2.31. The van der Waals surface area contributed by atoms with Gasteiger partial charge in [-0.15, -0.1) is 0 Å². The first-order valence-electron chi connectivity index (χ1n) is 9.96. The lowest BCUT2D eigenvalue weighted by molar-refractivity contribution is -0.137. The fraction of sp³-hybridized carbons (Fsp3) is 0.364. The number of carbonyl (C=O) groups excluding carboxylic acids is 2. The zero-order valence-corrected chi connectivity index (χ0v) is 16.8. The van der Waals surface area contributed by atoms with Crippen LogP contribution >= 0.6 is 0 Å². The third-order valence-electron chi connectivity index (χ3n) is 4.91. The van der Waals surface area contributed by atoms with Crippen molar-refractivity contribution in [3.63, 3.8) is 0 Å². The Morgan fingerprint density at radius 1 is 1.00 bits per heavy atom. The van der Waals surface area contributed by atoms with E-state index in [4.69, 9.17) is 4.74 Å². The summed E-state index contributed by atoms with van der Waals surface area (Å²) in [5.74, 6) is -0.495. The minimum Gasteiger partial charge on any atom is -0.484 e. The van der Waals surface area contributed by atoms with Gasteiger partial charge >= 0.3 is 6.18 Å². The third-order valence-corrected chi connectivity index (χ3v) is 4.91. The number of piperidine rings is 1. The molecule has 0 aliphatic carbocycles. The van der Waals surface area contributed by atoms with Crippen molar-refractivity contribution in [2.24, 2.45) is 0 Å². The Hall–Kier alpha value is -3.07. The number of nitrogens with zero attached hydrogens (tertiary/aromatic N) is 1. The molecule has 1 fully saturated rings. The van der Waals surface area contributed by atoms with Gasteiger partial charge in [-0.25, -0.2) is 0 Å². The summed E-state index contributed by atoms with van der Waals surface area (Å²) in [6, 6.07) is 13.6. The molecule has 1 heterocycles. The number of benzene rings is 2. The van der Waals surface area contributed by atoms with Crippen LogP contribution in [0.4, 0.5) is 18.9 Å². The van der Waals surface area contributed by atoms with Crippen molar-refractivity contribution in [2.45, 2.75) is 25.1 Å². The van der Waals surface area contributed by atoms with Crippen LogP contribution in [0.25, 0.3) is 0 Å². The lowest BCUT2D eigenvalue weighted by Crippen LogP contribution is -2.47. The number of nitrogens with one attached hydrogen (secondary N) is 2. The van der Waals surface area contributed by atoms with Gasteiger partial charge in [0.1, 0.15) is 5.75 Å². The average molecular weight is 435 g/mol. The molecule has 31 heavy (non-hydrogen) atoms. The second-order valence-electron chi connectivity index (χ2n) is 7.35. The molecule has 6 nitrogen and oxygen atoms in total. The van der Waals surface area contributed by atoms with Crippen molar-refractivity contribution in [1.29, 1.82) is 0 Å². The van der Waals surface area contributed by atoms with Crippen LogP contribution in [0, 0.1) is 0 Å². The number of para-hydroxylation sites is 1. The molecular weight excluding hydrogens is 411 g/mol. The molecule has 0 unspecified atom stereocenters. The smallest absolute Gasteiger partial charge is 0.416 e. The molecule has 1 aliphatic rings. The highest BCUT2D eigenvalue weighted by atomic mass is 19.4. The fourth-order valence-electron chi connectivity index (χ4n) is 3.34. The third kappa shape index (κ3) is 7.29. The SMILES string of the molecule is O=C(CN1CCC(NC(=O)COc2cccc(C(F)(F)F)c2)CC1)Nc1ccccc1. The first-order valence-corrected chi connectivity index (χ1v) is 9.96. The highest BCUT2D eigenvalue weighted by molar-refractivity contribution is 5.92. The quantitative estimate of drug-likeness (QED) is 0.700. The zero-order chi connectivity index (χ0) is 22.3. The van der Waals surface area contributed by atoms with E-state index in [9.17, 15) is 22.8 Å². The van der Waals surface area contributed by atoms with Crippen LogP contribution in [-0.4, -0.2) is 49.0 Å². The van der Waals surface area contributed by atoms with Gasteiger partial charge in [0, 0.05) is 24.8 Å². The Morgan fingerprint density at radius 2 is 1.71 bits per heavy atom. The Morgan fingerprint density at radius 3 is 2.39 bits per heavy atom. The highest BCUT2D eigenvalue weighted by Gasteiger charge is 2.30. The molecule has 2 amide bonds. The molecule has 0 atom stereocenters. The molecular formula is C22H24F3N3O3. The maximum Gasteiger partial charge on any atom is 0.416 e. The van der Waals surface area contributed by atoms with Crippen molar-refractivity contribution in [3.8, 4) is 5.75 Å². The standard InChI is InChI=1S/C22H24F3N3O3/c23-22(24,25)16-5-4-8-19(13-16)31-15-21(30)27-18-9-11-28(12-10-18)14-20(29)26-17-6-2-1-3-7-17/h1-8,13,18H,9-12,14-15H2,(H,26,29)(H,27,30). The summed E-state index contributed by atoms with van der Waals surface area (Å²) in [6.07, 6.45) is -3.12. The molecule has 2 aromatic rings. The zero-order valence-electron chi connectivity index (χ0n) is 16.8. The molecule has 1 aliphatic heterocycles. The van der Waals surface area contributed by atoms with E-state index in [0.717, 1.165) is 17.8 Å². The van der Waals surface area contributed by atoms with Crippen LogP contribution in [0.3, 0.4) is 0 Å². The second kappa shape index (κ2) is 10.3. The number of carbonyl (C=O) groups is 2. The van der Waals surface area contributed by atoms with Crippen LogP contribution in [-0.2, 0) is 15.8 Å². The molecule has 0 radical (unpaired) electrons. The fourth-order valence-corrected chi connectivity index (χ4v) is 3.34. The van der Waals surface area contributed by atoms with E-state index < -0.39 is 17.6 Å². The number of anilines is 1. The molecule has 9 heteroatoms. The number of hydrogen-bond donors (Lipinski definition) is 2. The molecule has 0 bridgehead atoms. The number of halogens is 3. The maximum atomic E-state index is 12.7. The summed E-state index contributed by atoms with van der Waals surface area (Å²) in [5, 5.41) is 5.68. The van der Waals surface area contributed by atoms with Crippen LogP contribution < -0.4 is 15.4 Å². The van der Waals surface area contributed by atoms with Crippen molar-refractivity contribution < 1.29 is 27.5 Å². The van der Waals surface area contributed by atoms with E-state index in [2.05, 4.69) is 10.6 Å². The Kier molecular flexibility index (Phi) is 7.51. The van der Waals surface area contributed by atoms with Crippen molar-refractivity contribution in [2.75, 3.05) is 31.6 Å². The molecule has 3 rings (SSSR count). The van der Waals surface area contributed by atoms with Gasteiger partial charge in [0.05, 0.1) is 12.1 Å². The van der Waals surface area contributed by atoms with E-state index in [1.54, 1.807) is 0 Å². The van der Waals surface area contributed by atoms with Crippen molar-refractivity contribution >= 4 is 17.5 Å². The summed E-state index contributed by atoms with van der Waals surface area (Å²) in [7, 11) is 0. The number of likely N-dealkylation sites (tertiary alicyclic amines) is 1. The Labute approximate surface area is 178 Å². The lowest BCUT2D eigenvalue weighted by Gasteiger charge is -2.31. The first-order chi connectivity index (χ1) is 14.8. The Bertz CT molecular complexity index is 882. The number of amides is 2. The van der Waals surface area contributed by atoms with Crippen LogP contribution in [0.15, 0.2) is 54.6 Å². The lowest BCUT2D eigenvalue weighted by atomic mass is 10.1. The Balaban J connectivity index is 1.37. The summed E-state index contributed by atoms with van der Waals surface area (Å²) in [4.78, 5) is 26.2. The van der Waals surface area contributed by atoms with Crippen LogP contribution in [0.5, 0.6) is 5.75 Å². The van der Waals surface area contributed by atoms with Gasteiger partial charge in [-0.05, 0) is 43.2 Å². The molecule has 0 spiro atoms. The maximum absolute atomic E-state index is 12.7. The van der Waals surface area contributed by atoms with Crippen molar-refractivity contribution in [1.82, 2.24) is 10.2 Å². The molecule has 2 aromatic carbocycles. The van der Waals surface area contributed by atoms with Gasteiger partial charge in [-0.2, -0.15) is 13.2 Å². The first kappa shape index (κ1) is 22.6. The van der Waals surface area contributed by atoms with Gasteiger partial charge in [0.2, 0.25) is 5.91 Å². The summed E-state index contributed by atoms with van der Waals surface area (Å²) in [6.45, 7) is 1.22. The largest absolute Gasteiger partial charge is 0.484 e. The summed E-state index contributed by atoms with van der Waals surface area (Å²) >= 11 is 0. The van der Waals surface area contributed by atoms with Gasteiger partial charge in [0.25, 0.3) is 5.91 Å². The average Bonchev–Trinajstić information content (AvgIpc) is 2.74. The van der Waals surface area contributed by atoms with Crippen molar-refractivity contribution in [3.05, 3.63) is 60.2 Å². The molecule has 0 saturated carbocycles. The predicted octanol–water partition coefficient (Wildman–Crippen LogP) is 3.30. The molecule has 0 aromatic heterocycles. The number of hydrogen-bond acceptors (Lipinski definition) is 4. The van der Waals surface area contributed by atoms with Gasteiger partial charge in [-0.1, -0.05) is 24.3 Å². The normalized spacial score (nSPS) is 15.3. The van der Waals surface area contributed by atoms with Gasteiger partial charge < -0.3 is 15.4 Å². The topological polar surface area (TPSA) is 70.7 Å².